The quantitative estimate of drug-likeness (QED) is 0.653. The monoisotopic (exact) mass is 404 g/mol. The van der Waals surface area contributed by atoms with Crippen LogP contribution in [0.3, 0.4) is 0 Å². The number of carbonyl (C=O) groups is 1. The van der Waals surface area contributed by atoms with Gasteiger partial charge in [0.15, 0.2) is 5.69 Å². The van der Waals surface area contributed by atoms with Gasteiger partial charge in [-0.2, -0.15) is 18.3 Å². The van der Waals surface area contributed by atoms with Gasteiger partial charge in [0, 0.05) is 31.6 Å². The first-order chi connectivity index (χ1) is 13.2. The molecular formula is C18H24F4N4O2. The predicted molar refractivity (Wildman–Crippen MR) is 95.5 cm³/mol. The normalized spacial score (nSPS) is 19.8. The van der Waals surface area contributed by atoms with Crippen molar-refractivity contribution in [2.75, 3.05) is 32.7 Å². The zero-order chi connectivity index (χ0) is 20.9. The minimum atomic E-state index is -4.64. The number of aromatic amines is 1. The molecule has 1 heterocycles. The van der Waals surface area contributed by atoms with E-state index in [0.29, 0.717) is 12.6 Å². The van der Waals surface area contributed by atoms with E-state index in [1.54, 1.807) is 0 Å². The zero-order valence-electron chi connectivity index (χ0n) is 15.7. The molecule has 28 heavy (non-hydrogen) atoms. The van der Waals surface area contributed by atoms with E-state index in [4.69, 9.17) is 0 Å². The number of aliphatic hydroxyl groups excluding tert-OH is 1. The third-order valence-electron chi connectivity index (χ3n) is 4.65. The van der Waals surface area contributed by atoms with Crippen LogP contribution in [0.5, 0.6) is 0 Å². The van der Waals surface area contributed by atoms with Crippen molar-refractivity contribution in [1.29, 1.82) is 0 Å². The number of likely N-dealkylation sites (N-methyl/N-ethyl adjacent to an activating group) is 1. The summed E-state index contributed by atoms with van der Waals surface area (Å²) in [6.45, 7) is 6.04. The van der Waals surface area contributed by atoms with Crippen LogP contribution in [0.15, 0.2) is 30.1 Å². The lowest BCUT2D eigenvalue weighted by molar-refractivity contribution is -0.141. The molecule has 2 N–H and O–H groups in total. The van der Waals surface area contributed by atoms with Crippen LogP contribution in [0, 0.1) is 5.92 Å². The van der Waals surface area contributed by atoms with Crippen LogP contribution in [-0.2, 0) is 6.18 Å². The second-order valence-corrected chi connectivity index (χ2v) is 6.50. The van der Waals surface area contributed by atoms with Crippen molar-refractivity contribution < 1.29 is 27.5 Å². The molecule has 0 spiro atoms. The Hall–Kier alpha value is -2.36. The molecule has 1 aliphatic carbocycles. The Morgan fingerprint density at radius 2 is 1.96 bits per heavy atom. The Morgan fingerprint density at radius 1 is 1.29 bits per heavy atom. The van der Waals surface area contributed by atoms with Crippen molar-refractivity contribution in [2.24, 2.45) is 5.92 Å². The van der Waals surface area contributed by atoms with Crippen molar-refractivity contribution in [2.45, 2.75) is 26.2 Å². The van der Waals surface area contributed by atoms with Crippen molar-refractivity contribution in [3.05, 3.63) is 41.4 Å². The molecule has 2 atom stereocenters. The number of amides is 1. The van der Waals surface area contributed by atoms with E-state index < -0.39 is 29.9 Å². The molecule has 0 saturated carbocycles. The Balaban J connectivity index is 2.18. The van der Waals surface area contributed by atoms with Crippen molar-refractivity contribution in [1.82, 2.24) is 20.0 Å². The number of nitrogens with zero attached hydrogens (tertiary/aromatic N) is 3. The van der Waals surface area contributed by atoms with Gasteiger partial charge in [0.25, 0.3) is 5.91 Å². The molecule has 0 saturated heterocycles. The van der Waals surface area contributed by atoms with E-state index in [9.17, 15) is 27.5 Å². The van der Waals surface area contributed by atoms with Crippen LogP contribution in [0.2, 0.25) is 0 Å². The van der Waals surface area contributed by atoms with Crippen molar-refractivity contribution in [3.8, 4) is 0 Å². The number of carbonyl (C=O) groups excluding carboxylic acids is 1. The zero-order valence-corrected chi connectivity index (χ0v) is 15.7. The lowest BCUT2D eigenvalue weighted by Gasteiger charge is -2.30. The van der Waals surface area contributed by atoms with E-state index in [1.807, 2.05) is 23.8 Å². The van der Waals surface area contributed by atoms with Crippen molar-refractivity contribution >= 4 is 5.91 Å². The first kappa shape index (κ1) is 21.9. The molecule has 0 bridgehead atoms. The lowest BCUT2D eigenvalue weighted by atomic mass is 9.97. The molecule has 10 heteroatoms. The second kappa shape index (κ2) is 9.22. The molecule has 0 aliphatic heterocycles. The number of rotatable bonds is 8. The van der Waals surface area contributed by atoms with Crippen LogP contribution in [0.4, 0.5) is 17.6 Å². The highest BCUT2D eigenvalue weighted by Gasteiger charge is 2.35. The summed E-state index contributed by atoms with van der Waals surface area (Å²) in [5, 5.41) is 14.7. The summed E-state index contributed by atoms with van der Waals surface area (Å²) in [7, 11) is 0. The van der Waals surface area contributed by atoms with E-state index in [1.165, 1.54) is 17.1 Å². The first-order valence-corrected chi connectivity index (χ1v) is 9.03. The van der Waals surface area contributed by atoms with Gasteiger partial charge < -0.3 is 14.9 Å². The van der Waals surface area contributed by atoms with Crippen LogP contribution in [0.25, 0.3) is 0 Å². The van der Waals surface area contributed by atoms with Crippen LogP contribution in [0.1, 0.15) is 30.0 Å². The van der Waals surface area contributed by atoms with Gasteiger partial charge in [-0.15, -0.1) is 0 Å². The van der Waals surface area contributed by atoms with Crippen LogP contribution >= 0.6 is 0 Å². The first-order valence-electron chi connectivity index (χ1n) is 9.03. The van der Waals surface area contributed by atoms with Gasteiger partial charge in [0.2, 0.25) is 0 Å². The van der Waals surface area contributed by atoms with Gasteiger partial charge in [-0.25, -0.2) is 4.39 Å². The number of halogens is 4. The number of allylic oxidation sites excluding steroid dienone is 2. The molecule has 1 amide bonds. The molecule has 2 rings (SSSR count). The molecule has 0 radical (unpaired) electrons. The Morgan fingerprint density at radius 3 is 2.50 bits per heavy atom. The van der Waals surface area contributed by atoms with Gasteiger partial charge in [-0.05, 0) is 25.2 Å². The average Bonchev–Trinajstić information content (AvgIpc) is 3.13. The lowest BCUT2D eigenvalue weighted by Crippen LogP contribution is -2.42. The second-order valence-electron chi connectivity index (χ2n) is 6.50. The summed E-state index contributed by atoms with van der Waals surface area (Å²) in [6.07, 6.45) is -2.32. The molecule has 0 aromatic carbocycles. The summed E-state index contributed by atoms with van der Waals surface area (Å²) in [5.74, 6) is -1.62. The van der Waals surface area contributed by atoms with E-state index in [-0.39, 0.29) is 24.5 Å². The van der Waals surface area contributed by atoms with E-state index in [0.717, 1.165) is 19.2 Å². The summed E-state index contributed by atoms with van der Waals surface area (Å²) in [5.41, 5.74) is -1.49. The highest BCUT2D eigenvalue weighted by atomic mass is 19.4. The number of aromatic nitrogens is 2. The standard InChI is InChI=1S/C18H24F4N4O2/c1-3-25(4-2)7-8-26(11-12-5-6-13(27)9-14(12)19)17(28)15-10-16(24-23-15)18(20,21)22/h5-6,9-10,12,14,27H,3-4,7-8,11H2,1-2H3,(H,23,24). The highest BCUT2D eigenvalue weighted by Crippen LogP contribution is 2.28. The molecule has 1 aliphatic rings. The maximum Gasteiger partial charge on any atom is 0.432 e. The summed E-state index contributed by atoms with van der Waals surface area (Å²) >= 11 is 0. The summed E-state index contributed by atoms with van der Waals surface area (Å²) < 4.78 is 52.6. The average molecular weight is 404 g/mol. The minimum Gasteiger partial charge on any atom is -0.508 e. The Labute approximate surface area is 160 Å². The van der Waals surface area contributed by atoms with Gasteiger partial charge in [-0.1, -0.05) is 19.9 Å². The number of alkyl halides is 4. The molecule has 1 aromatic heterocycles. The molecule has 156 valence electrons. The number of nitrogens with one attached hydrogen (secondary N) is 1. The summed E-state index contributed by atoms with van der Waals surface area (Å²) in [6, 6.07) is 0.655. The third kappa shape index (κ3) is 5.57. The number of aliphatic hydroxyl groups is 1. The third-order valence-corrected chi connectivity index (χ3v) is 4.65. The number of H-pyrrole nitrogens is 1. The Bertz CT molecular complexity index is 725. The molecule has 0 fully saturated rings. The van der Waals surface area contributed by atoms with Gasteiger partial charge in [0.05, 0.1) is 0 Å². The van der Waals surface area contributed by atoms with Crippen LogP contribution in [-0.4, -0.2) is 69.9 Å². The molecule has 2 unspecified atom stereocenters. The molecule has 6 nitrogen and oxygen atoms in total. The van der Waals surface area contributed by atoms with Gasteiger partial charge in [-0.3, -0.25) is 9.89 Å². The fourth-order valence-electron chi connectivity index (χ4n) is 2.90. The number of hydrogen-bond donors (Lipinski definition) is 2. The minimum absolute atomic E-state index is 0.0459. The predicted octanol–water partition coefficient (Wildman–Crippen LogP) is 3.18. The SMILES string of the molecule is CCN(CC)CCN(CC1C=CC(O)=CC1F)C(=O)c1cc(C(F)(F)F)[nH]n1. The van der Waals surface area contributed by atoms with E-state index >= 15 is 0 Å². The maximum absolute atomic E-state index is 14.2. The number of hydrogen-bond acceptors (Lipinski definition) is 4. The van der Waals surface area contributed by atoms with Crippen LogP contribution < -0.4 is 0 Å². The highest BCUT2D eigenvalue weighted by molar-refractivity contribution is 5.92. The van der Waals surface area contributed by atoms with Gasteiger partial charge in [0.1, 0.15) is 17.6 Å². The largest absolute Gasteiger partial charge is 0.508 e. The summed E-state index contributed by atoms with van der Waals surface area (Å²) in [4.78, 5) is 16.1. The van der Waals surface area contributed by atoms with Gasteiger partial charge >= 0.3 is 6.18 Å². The maximum atomic E-state index is 14.2. The fraction of sp³-hybridized carbons (Fsp3) is 0.556. The Kier molecular flexibility index (Phi) is 7.22. The topological polar surface area (TPSA) is 72.5 Å². The van der Waals surface area contributed by atoms with E-state index in [2.05, 4.69) is 5.10 Å². The smallest absolute Gasteiger partial charge is 0.432 e. The molecular weight excluding hydrogens is 380 g/mol. The molecule has 1 aromatic rings. The van der Waals surface area contributed by atoms with Crippen molar-refractivity contribution in [3.63, 3.8) is 0 Å². The fourth-order valence-corrected chi connectivity index (χ4v) is 2.90.